The fourth-order valence-electron chi connectivity index (χ4n) is 4.20. The molecule has 2 aromatic carbocycles. The number of para-hydroxylation sites is 1. The van der Waals surface area contributed by atoms with Crippen LogP contribution in [0.4, 0.5) is 5.69 Å². The maximum Gasteiger partial charge on any atom is 0.303 e. The van der Waals surface area contributed by atoms with Gasteiger partial charge in [0.25, 0.3) is 0 Å². The Balaban J connectivity index is 1.50. The SMILES string of the molecule is CN(C(=O)CCc1c[nH]c2ccccc12)c1cccc(C(=CCCCC(=O)O)c2cccnc2)c1. The molecule has 2 N–H and O–H groups in total. The number of fused-ring (bicyclic) bond motifs is 1. The monoisotopic (exact) mass is 467 g/mol. The Hall–Kier alpha value is -4.19. The van der Waals surface area contributed by atoms with Gasteiger partial charge in [-0.2, -0.15) is 0 Å². The molecular weight excluding hydrogens is 438 g/mol. The van der Waals surface area contributed by atoms with E-state index in [4.69, 9.17) is 5.11 Å². The van der Waals surface area contributed by atoms with Crippen LogP contribution < -0.4 is 4.90 Å². The number of rotatable bonds is 10. The number of amides is 1. The van der Waals surface area contributed by atoms with Gasteiger partial charge in [-0.3, -0.25) is 14.6 Å². The highest BCUT2D eigenvalue weighted by Crippen LogP contribution is 2.28. The number of nitrogens with one attached hydrogen (secondary N) is 1. The van der Waals surface area contributed by atoms with Gasteiger partial charge in [-0.15, -0.1) is 0 Å². The molecule has 0 saturated heterocycles. The minimum atomic E-state index is -0.795. The molecule has 6 nitrogen and oxygen atoms in total. The number of hydrogen-bond donors (Lipinski definition) is 2. The van der Waals surface area contributed by atoms with Gasteiger partial charge in [-0.05, 0) is 60.2 Å². The number of aromatic amines is 1. The Morgan fingerprint density at radius 1 is 1.03 bits per heavy atom. The molecule has 2 heterocycles. The molecule has 0 radical (unpaired) electrons. The van der Waals surface area contributed by atoms with Crippen LogP contribution in [0.3, 0.4) is 0 Å². The summed E-state index contributed by atoms with van der Waals surface area (Å²) in [6.07, 6.45) is 9.95. The number of carboxylic acid groups (broad SMARTS) is 1. The lowest BCUT2D eigenvalue weighted by molar-refractivity contribution is -0.137. The number of carboxylic acids is 1. The summed E-state index contributed by atoms with van der Waals surface area (Å²) in [5.41, 5.74) is 5.92. The van der Waals surface area contributed by atoms with Crippen LogP contribution >= 0.6 is 0 Å². The summed E-state index contributed by atoms with van der Waals surface area (Å²) in [7, 11) is 1.80. The molecule has 178 valence electrons. The van der Waals surface area contributed by atoms with Crippen molar-refractivity contribution in [3.8, 4) is 0 Å². The van der Waals surface area contributed by atoms with Crippen LogP contribution in [0.2, 0.25) is 0 Å². The third-order valence-corrected chi connectivity index (χ3v) is 6.12. The molecule has 6 heteroatoms. The number of pyridine rings is 1. The predicted octanol–water partition coefficient (Wildman–Crippen LogP) is 5.85. The number of aryl methyl sites for hydroxylation is 1. The molecule has 0 saturated carbocycles. The van der Waals surface area contributed by atoms with Crippen LogP contribution in [0, 0.1) is 0 Å². The summed E-state index contributed by atoms with van der Waals surface area (Å²) < 4.78 is 0. The predicted molar refractivity (Wildman–Crippen MR) is 139 cm³/mol. The van der Waals surface area contributed by atoms with E-state index in [2.05, 4.69) is 22.1 Å². The second-order valence-corrected chi connectivity index (χ2v) is 8.51. The highest BCUT2D eigenvalue weighted by Gasteiger charge is 2.14. The molecule has 4 rings (SSSR count). The summed E-state index contributed by atoms with van der Waals surface area (Å²) in [6.45, 7) is 0. The number of nitrogens with zero attached hydrogens (tertiary/aromatic N) is 2. The van der Waals surface area contributed by atoms with Crippen LogP contribution in [-0.4, -0.2) is 34.0 Å². The van der Waals surface area contributed by atoms with Crippen molar-refractivity contribution in [3.63, 3.8) is 0 Å². The summed E-state index contributed by atoms with van der Waals surface area (Å²) in [5.74, 6) is -0.753. The lowest BCUT2D eigenvalue weighted by Gasteiger charge is -2.19. The summed E-state index contributed by atoms with van der Waals surface area (Å²) in [5, 5.41) is 10.1. The standard InChI is InChI=1S/C29H29N3O3/c1-32(28(33)16-15-23-20-31-27-13-4-2-12-26(23)27)24-10-6-8-21(18-24)25(11-3-5-14-29(34)35)22-9-7-17-30-19-22/h2,4,6-13,17-20,31H,3,5,14-16H2,1H3,(H,34,35). The number of carbonyl (C=O) groups is 2. The van der Waals surface area contributed by atoms with Gasteiger partial charge in [-0.1, -0.05) is 42.5 Å². The van der Waals surface area contributed by atoms with Crippen LogP contribution in [0.1, 0.15) is 42.4 Å². The third kappa shape index (κ3) is 6.03. The molecule has 4 aromatic rings. The molecule has 1 amide bonds. The largest absolute Gasteiger partial charge is 0.481 e. The van der Waals surface area contributed by atoms with Gasteiger partial charge >= 0.3 is 5.97 Å². The van der Waals surface area contributed by atoms with Crippen LogP contribution in [0.5, 0.6) is 0 Å². The van der Waals surface area contributed by atoms with E-state index in [9.17, 15) is 9.59 Å². The first kappa shape index (κ1) is 24.0. The van der Waals surface area contributed by atoms with E-state index < -0.39 is 5.97 Å². The van der Waals surface area contributed by atoms with Crippen molar-refractivity contribution in [2.24, 2.45) is 0 Å². The van der Waals surface area contributed by atoms with E-state index in [1.165, 1.54) is 0 Å². The zero-order valence-electron chi connectivity index (χ0n) is 19.8. The molecular formula is C29H29N3O3. The first-order chi connectivity index (χ1) is 17.0. The molecule has 35 heavy (non-hydrogen) atoms. The van der Waals surface area contributed by atoms with Crippen LogP contribution in [0.25, 0.3) is 16.5 Å². The van der Waals surface area contributed by atoms with Crippen molar-refractivity contribution < 1.29 is 14.7 Å². The molecule has 0 spiro atoms. The van der Waals surface area contributed by atoms with Gasteiger partial charge < -0.3 is 15.0 Å². The fraction of sp³-hybridized carbons (Fsp3) is 0.207. The molecule has 0 aliphatic rings. The van der Waals surface area contributed by atoms with E-state index in [1.807, 2.05) is 60.8 Å². The van der Waals surface area contributed by atoms with Gasteiger partial charge in [-0.25, -0.2) is 0 Å². The number of aromatic nitrogens is 2. The van der Waals surface area contributed by atoms with E-state index in [0.717, 1.165) is 38.9 Å². The average Bonchev–Trinajstić information content (AvgIpc) is 3.30. The normalized spacial score (nSPS) is 11.5. The second kappa shape index (κ2) is 11.3. The van der Waals surface area contributed by atoms with Crippen LogP contribution in [0.15, 0.2) is 85.3 Å². The molecule has 0 fully saturated rings. The van der Waals surface area contributed by atoms with Gasteiger partial charge in [0.05, 0.1) is 0 Å². The quantitative estimate of drug-likeness (QED) is 0.287. The number of hydrogen-bond acceptors (Lipinski definition) is 3. The number of carbonyl (C=O) groups excluding carboxylic acids is 1. The van der Waals surface area contributed by atoms with Crippen molar-refractivity contribution in [1.29, 1.82) is 0 Å². The Morgan fingerprint density at radius 3 is 2.66 bits per heavy atom. The van der Waals surface area contributed by atoms with Crippen molar-refractivity contribution in [2.75, 3.05) is 11.9 Å². The highest BCUT2D eigenvalue weighted by molar-refractivity contribution is 5.94. The second-order valence-electron chi connectivity index (χ2n) is 8.51. The maximum atomic E-state index is 13.0. The summed E-state index contributed by atoms with van der Waals surface area (Å²) >= 11 is 0. The number of benzene rings is 2. The molecule has 2 aromatic heterocycles. The lowest BCUT2D eigenvalue weighted by Crippen LogP contribution is -2.26. The Morgan fingerprint density at radius 2 is 1.86 bits per heavy atom. The van der Waals surface area contributed by atoms with Gasteiger partial charge in [0.15, 0.2) is 0 Å². The molecule has 0 atom stereocenters. The molecule has 0 unspecified atom stereocenters. The van der Waals surface area contributed by atoms with Gasteiger partial charge in [0.2, 0.25) is 5.91 Å². The average molecular weight is 468 g/mol. The lowest BCUT2D eigenvalue weighted by atomic mass is 9.97. The smallest absolute Gasteiger partial charge is 0.303 e. The number of unbranched alkanes of at least 4 members (excludes halogenated alkanes) is 1. The zero-order valence-corrected chi connectivity index (χ0v) is 19.8. The van der Waals surface area contributed by atoms with Crippen molar-refractivity contribution in [1.82, 2.24) is 9.97 Å². The maximum absolute atomic E-state index is 13.0. The highest BCUT2D eigenvalue weighted by atomic mass is 16.4. The molecule has 0 aliphatic carbocycles. The van der Waals surface area contributed by atoms with Crippen molar-refractivity contribution in [2.45, 2.75) is 32.1 Å². The number of anilines is 1. The first-order valence-corrected chi connectivity index (χ1v) is 11.8. The number of H-pyrrole nitrogens is 1. The van der Waals surface area contributed by atoms with E-state index in [1.54, 1.807) is 24.3 Å². The Labute approximate surface area is 204 Å². The Kier molecular flexibility index (Phi) is 7.73. The van der Waals surface area contributed by atoms with Crippen molar-refractivity contribution >= 4 is 34.0 Å². The summed E-state index contributed by atoms with van der Waals surface area (Å²) in [4.78, 5) is 33.1. The third-order valence-electron chi connectivity index (χ3n) is 6.12. The van der Waals surface area contributed by atoms with Gasteiger partial charge in [0, 0.05) is 60.6 Å². The Bertz CT molecular complexity index is 1340. The van der Waals surface area contributed by atoms with E-state index in [-0.39, 0.29) is 12.3 Å². The summed E-state index contributed by atoms with van der Waals surface area (Å²) in [6, 6.07) is 19.8. The van der Waals surface area contributed by atoms with Gasteiger partial charge in [0.1, 0.15) is 0 Å². The number of allylic oxidation sites excluding steroid dienone is 1. The van der Waals surface area contributed by atoms with Crippen LogP contribution in [-0.2, 0) is 16.0 Å². The first-order valence-electron chi connectivity index (χ1n) is 11.8. The molecule has 0 bridgehead atoms. The van der Waals surface area contributed by atoms with Crippen molar-refractivity contribution in [3.05, 3.63) is 102 Å². The minimum Gasteiger partial charge on any atom is -0.481 e. The fourth-order valence-corrected chi connectivity index (χ4v) is 4.20. The zero-order chi connectivity index (χ0) is 24.6. The van der Waals surface area contributed by atoms with E-state index in [0.29, 0.717) is 25.7 Å². The topological polar surface area (TPSA) is 86.3 Å². The minimum absolute atomic E-state index is 0.0424. The van der Waals surface area contributed by atoms with E-state index >= 15 is 0 Å². The molecule has 0 aliphatic heterocycles. The number of aliphatic carboxylic acids is 1.